The fraction of sp³-hybridized carbons (Fsp3) is 0.545. The second kappa shape index (κ2) is 5.49. The number of aromatic amines is 1. The number of nitrogens with one attached hydrogen (secondary N) is 2. The van der Waals surface area contributed by atoms with Gasteiger partial charge >= 0.3 is 0 Å². The van der Waals surface area contributed by atoms with Gasteiger partial charge in [0.2, 0.25) is 5.28 Å². The summed E-state index contributed by atoms with van der Waals surface area (Å²) >= 11 is 5.87. The molecule has 98 valence electrons. The summed E-state index contributed by atoms with van der Waals surface area (Å²) in [4.78, 5) is 10.4. The largest absolute Gasteiger partial charge is 0.367 e. The standard InChI is InChI=1S/C11H17ClN6/c1-7(4-5-18(2)3)14-9-8-6-13-17-10(8)16-11(12)15-9/h6-7H,4-5H2,1-3H3,(H2,13,14,15,16,17). The van der Waals surface area contributed by atoms with Crippen LogP contribution in [0.25, 0.3) is 11.0 Å². The van der Waals surface area contributed by atoms with Gasteiger partial charge in [-0.05, 0) is 45.6 Å². The number of anilines is 1. The monoisotopic (exact) mass is 268 g/mol. The van der Waals surface area contributed by atoms with Gasteiger partial charge in [0.1, 0.15) is 5.82 Å². The third-order valence-corrected chi connectivity index (χ3v) is 2.84. The lowest BCUT2D eigenvalue weighted by atomic mass is 10.2. The molecule has 0 aliphatic rings. The topological polar surface area (TPSA) is 69.7 Å². The van der Waals surface area contributed by atoms with E-state index in [1.807, 2.05) is 0 Å². The maximum atomic E-state index is 5.87. The lowest BCUT2D eigenvalue weighted by Crippen LogP contribution is -2.23. The van der Waals surface area contributed by atoms with Gasteiger partial charge in [-0.25, -0.2) is 0 Å². The minimum absolute atomic E-state index is 0.217. The molecule has 0 fully saturated rings. The summed E-state index contributed by atoms with van der Waals surface area (Å²) in [6.07, 6.45) is 2.72. The van der Waals surface area contributed by atoms with Crippen LogP contribution in [0.5, 0.6) is 0 Å². The number of halogens is 1. The Morgan fingerprint density at radius 1 is 1.44 bits per heavy atom. The molecule has 0 bridgehead atoms. The summed E-state index contributed by atoms with van der Waals surface area (Å²) in [7, 11) is 4.12. The van der Waals surface area contributed by atoms with Gasteiger partial charge in [0.25, 0.3) is 0 Å². The normalized spacial score (nSPS) is 13.2. The summed E-state index contributed by atoms with van der Waals surface area (Å²) in [5, 5.41) is 11.2. The first-order valence-electron chi connectivity index (χ1n) is 5.84. The Hall–Kier alpha value is -1.40. The van der Waals surface area contributed by atoms with Crippen LogP contribution < -0.4 is 5.32 Å². The second-order valence-electron chi connectivity index (χ2n) is 4.61. The van der Waals surface area contributed by atoms with Crippen LogP contribution >= 0.6 is 11.6 Å². The number of rotatable bonds is 5. The molecular formula is C11H17ClN6. The maximum Gasteiger partial charge on any atom is 0.226 e. The van der Waals surface area contributed by atoms with E-state index in [9.17, 15) is 0 Å². The zero-order chi connectivity index (χ0) is 13.1. The van der Waals surface area contributed by atoms with E-state index in [0.717, 1.165) is 24.2 Å². The minimum atomic E-state index is 0.217. The van der Waals surface area contributed by atoms with E-state index < -0.39 is 0 Å². The van der Waals surface area contributed by atoms with E-state index in [0.29, 0.717) is 11.7 Å². The highest BCUT2D eigenvalue weighted by Gasteiger charge is 2.11. The number of nitrogens with zero attached hydrogens (tertiary/aromatic N) is 4. The van der Waals surface area contributed by atoms with Gasteiger partial charge < -0.3 is 10.2 Å². The van der Waals surface area contributed by atoms with Crippen molar-refractivity contribution in [2.45, 2.75) is 19.4 Å². The molecule has 18 heavy (non-hydrogen) atoms. The third-order valence-electron chi connectivity index (χ3n) is 2.67. The van der Waals surface area contributed by atoms with Gasteiger partial charge in [0.05, 0.1) is 11.6 Å². The lowest BCUT2D eigenvalue weighted by Gasteiger charge is -2.17. The molecule has 0 aromatic carbocycles. The molecule has 1 atom stereocenters. The molecule has 1 unspecified atom stereocenters. The van der Waals surface area contributed by atoms with E-state index in [4.69, 9.17) is 11.6 Å². The minimum Gasteiger partial charge on any atom is -0.367 e. The summed E-state index contributed by atoms with van der Waals surface area (Å²) in [6, 6.07) is 0.302. The summed E-state index contributed by atoms with van der Waals surface area (Å²) in [6.45, 7) is 3.13. The van der Waals surface area contributed by atoms with Crippen LogP contribution in [-0.2, 0) is 0 Å². The van der Waals surface area contributed by atoms with Crippen LogP contribution in [0.3, 0.4) is 0 Å². The summed E-state index contributed by atoms with van der Waals surface area (Å²) < 4.78 is 0. The van der Waals surface area contributed by atoms with E-state index in [2.05, 4.69) is 51.4 Å². The zero-order valence-corrected chi connectivity index (χ0v) is 11.5. The van der Waals surface area contributed by atoms with Gasteiger partial charge in [0, 0.05) is 6.04 Å². The number of H-pyrrole nitrogens is 1. The first-order valence-corrected chi connectivity index (χ1v) is 6.22. The number of hydrogen-bond donors (Lipinski definition) is 2. The number of fused-ring (bicyclic) bond motifs is 1. The summed E-state index contributed by atoms with van der Waals surface area (Å²) in [5.41, 5.74) is 0.650. The molecule has 0 radical (unpaired) electrons. The predicted molar refractivity (Wildman–Crippen MR) is 72.9 cm³/mol. The van der Waals surface area contributed by atoms with Crippen molar-refractivity contribution in [3.05, 3.63) is 11.5 Å². The average Bonchev–Trinajstić information content (AvgIpc) is 2.74. The Morgan fingerprint density at radius 2 is 2.22 bits per heavy atom. The molecule has 0 saturated heterocycles. The van der Waals surface area contributed by atoms with Crippen molar-refractivity contribution in [1.29, 1.82) is 0 Å². The smallest absolute Gasteiger partial charge is 0.226 e. The summed E-state index contributed by atoms with van der Waals surface area (Å²) in [5.74, 6) is 0.727. The maximum absolute atomic E-state index is 5.87. The highest BCUT2D eigenvalue weighted by molar-refractivity contribution is 6.28. The van der Waals surface area contributed by atoms with Crippen molar-refractivity contribution in [1.82, 2.24) is 25.1 Å². The molecule has 0 spiro atoms. The van der Waals surface area contributed by atoms with Crippen LogP contribution in [0.2, 0.25) is 5.28 Å². The molecule has 2 heterocycles. The molecule has 2 aromatic heterocycles. The first kappa shape index (κ1) is 13.0. The van der Waals surface area contributed by atoms with Crippen molar-refractivity contribution in [2.24, 2.45) is 0 Å². The van der Waals surface area contributed by atoms with Gasteiger partial charge in [-0.2, -0.15) is 15.1 Å². The van der Waals surface area contributed by atoms with Crippen LogP contribution in [0.15, 0.2) is 6.20 Å². The predicted octanol–water partition coefficient (Wildman–Crippen LogP) is 1.76. The fourth-order valence-corrected chi connectivity index (χ4v) is 1.84. The molecular weight excluding hydrogens is 252 g/mol. The Balaban J connectivity index is 2.13. The number of aromatic nitrogens is 4. The van der Waals surface area contributed by atoms with E-state index in [1.165, 1.54) is 0 Å². The third kappa shape index (κ3) is 3.08. The van der Waals surface area contributed by atoms with E-state index >= 15 is 0 Å². The molecule has 0 saturated carbocycles. The Labute approximate surface area is 111 Å². The number of hydrogen-bond acceptors (Lipinski definition) is 5. The van der Waals surface area contributed by atoms with Gasteiger partial charge in [-0.15, -0.1) is 0 Å². The van der Waals surface area contributed by atoms with Crippen molar-refractivity contribution in [2.75, 3.05) is 26.0 Å². The lowest BCUT2D eigenvalue weighted by molar-refractivity contribution is 0.390. The SMILES string of the molecule is CC(CCN(C)C)Nc1nc(Cl)nc2[nH]ncc12. The van der Waals surface area contributed by atoms with E-state index in [-0.39, 0.29) is 5.28 Å². The quantitative estimate of drug-likeness (QED) is 0.809. The molecule has 0 aliphatic carbocycles. The fourth-order valence-electron chi connectivity index (χ4n) is 1.68. The van der Waals surface area contributed by atoms with Crippen molar-refractivity contribution in [3.63, 3.8) is 0 Å². The van der Waals surface area contributed by atoms with Crippen LogP contribution in [0, 0.1) is 0 Å². The molecule has 2 N–H and O–H groups in total. The van der Waals surface area contributed by atoms with Crippen molar-refractivity contribution < 1.29 is 0 Å². The Morgan fingerprint density at radius 3 is 2.94 bits per heavy atom. The first-order chi connectivity index (χ1) is 8.56. The molecule has 0 amide bonds. The molecule has 7 heteroatoms. The van der Waals surface area contributed by atoms with Crippen LogP contribution in [0.1, 0.15) is 13.3 Å². The molecule has 2 aromatic rings. The molecule has 2 rings (SSSR count). The van der Waals surface area contributed by atoms with Gasteiger partial charge in [-0.3, -0.25) is 5.10 Å². The van der Waals surface area contributed by atoms with Crippen molar-refractivity contribution in [3.8, 4) is 0 Å². The van der Waals surface area contributed by atoms with E-state index in [1.54, 1.807) is 6.20 Å². The Kier molecular flexibility index (Phi) is 3.98. The average molecular weight is 269 g/mol. The van der Waals surface area contributed by atoms with Crippen LogP contribution in [0.4, 0.5) is 5.82 Å². The van der Waals surface area contributed by atoms with Gasteiger partial charge in [0.15, 0.2) is 5.65 Å². The molecule has 0 aliphatic heterocycles. The highest BCUT2D eigenvalue weighted by atomic mass is 35.5. The second-order valence-corrected chi connectivity index (χ2v) is 4.95. The molecule has 6 nitrogen and oxygen atoms in total. The van der Waals surface area contributed by atoms with Crippen LogP contribution in [-0.4, -0.2) is 51.7 Å². The highest BCUT2D eigenvalue weighted by Crippen LogP contribution is 2.20. The van der Waals surface area contributed by atoms with Crippen molar-refractivity contribution >= 4 is 28.5 Å². The zero-order valence-electron chi connectivity index (χ0n) is 10.7. The Bertz CT molecular complexity index is 523. The van der Waals surface area contributed by atoms with Gasteiger partial charge in [-0.1, -0.05) is 0 Å².